The highest BCUT2D eigenvalue weighted by Gasteiger charge is 2.11. The van der Waals surface area contributed by atoms with Crippen LogP contribution in [0.25, 0.3) is 0 Å². The number of aldehydes is 1. The van der Waals surface area contributed by atoms with E-state index in [1.54, 1.807) is 6.92 Å². The predicted octanol–water partition coefficient (Wildman–Crippen LogP) is 1.65. The van der Waals surface area contributed by atoms with Gasteiger partial charge in [0.2, 0.25) is 0 Å². The molecule has 0 fully saturated rings. The summed E-state index contributed by atoms with van der Waals surface area (Å²) in [5.74, 6) is 0. The van der Waals surface area contributed by atoms with Crippen LogP contribution in [0.3, 0.4) is 0 Å². The molecule has 1 rings (SSSR count). The lowest BCUT2D eigenvalue weighted by molar-refractivity contribution is 0.0561. The maximum Gasteiger partial charge on any atom is 0.333 e. The molecule has 5 heteroatoms. The van der Waals surface area contributed by atoms with Gasteiger partial charge in [-0.05, 0) is 6.42 Å². The molecule has 12 heavy (non-hydrogen) atoms. The topological polar surface area (TPSA) is 34.9 Å². The number of hydrogen-bond acceptors (Lipinski definition) is 2. The van der Waals surface area contributed by atoms with E-state index in [4.69, 9.17) is 0 Å². The summed E-state index contributed by atoms with van der Waals surface area (Å²) in [6, 6.07) is 0. The first-order valence-corrected chi connectivity index (χ1v) is 3.50. The highest BCUT2D eigenvalue weighted by molar-refractivity contribution is 5.75. The number of alkyl halides is 2. The lowest BCUT2D eigenvalue weighted by Crippen LogP contribution is -1.98. The van der Waals surface area contributed by atoms with Crippen molar-refractivity contribution in [3.8, 4) is 0 Å². The molecule has 0 radical (unpaired) electrons. The zero-order valence-corrected chi connectivity index (χ0v) is 6.50. The van der Waals surface area contributed by atoms with Gasteiger partial charge in [-0.1, -0.05) is 6.92 Å². The van der Waals surface area contributed by atoms with Gasteiger partial charge in [0.15, 0.2) is 6.29 Å². The first-order valence-electron chi connectivity index (χ1n) is 3.50. The summed E-state index contributed by atoms with van der Waals surface area (Å²) in [7, 11) is 0. The molecule has 0 saturated heterocycles. The van der Waals surface area contributed by atoms with Crippen molar-refractivity contribution in [1.82, 2.24) is 9.78 Å². The van der Waals surface area contributed by atoms with Gasteiger partial charge in [-0.15, -0.1) is 0 Å². The second-order valence-corrected chi connectivity index (χ2v) is 2.26. The molecule has 66 valence electrons. The molecular weight excluding hydrogens is 166 g/mol. The van der Waals surface area contributed by atoms with E-state index >= 15 is 0 Å². The van der Waals surface area contributed by atoms with Gasteiger partial charge >= 0.3 is 6.55 Å². The average Bonchev–Trinajstić information content (AvgIpc) is 2.46. The fraction of sp³-hybridized carbons (Fsp3) is 0.429. The molecule has 0 bridgehead atoms. The molecule has 0 aliphatic carbocycles. The number of aryl methyl sites for hydroxylation is 1. The first kappa shape index (κ1) is 8.83. The molecule has 1 aromatic rings. The molecule has 0 spiro atoms. The second-order valence-electron chi connectivity index (χ2n) is 2.26. The van der Waals surface area contributed by atoms with Crippen LogP contribution in [0.2, 0.25) is 0 Å². The van der Waals surface area contributed by atoms with Crippen molar-refractivity contribution in [1.29, 1.82) is 0 Å². The summed E-state index contributed by atoms with van der Waals surface area (Å²) in [6.45, 7) is -0.922. The molecule has 0 unspecified atom stereocenters. The average molecular weight is 174 g/mol. The lowest BCUT2D eigenvalue weighted by Gasteiger charge is -1.95. The van der Waals surface area contributed by atoms with Gasteiger partial charge < -0.3 is 0 Å². The summed E-state index contributed by atoms with van der Waals surface area (Å²) >= 11 is 0. The Kier molecular flexibility index (Phi) is 2.52. The zero-order chi connectivity index (χ0) is 9.14. The number of carbonyl (C=O) groups is 1. The van der Waals surface area contributed by atoms with E-state index in [0.29, 0.717) is 23.1 Å². The largest absolute Gasteiger partial charge is 0.333 e. The van der Waals surface area contributed by atoms with Crippen LogP contribution in [-0.2, 0) is 6.42 Å². The SMILES string of the molecule is CCc1nn(C(F)F)cc1C=O. The summed E-state index contributed by atoms with van der Waals surface area (Å²) in [6.07, 6.45) is 2.06. The van der Waals surface area contributed by atoms with Crippen molar-refractivity contribution >= 4 is 6.29 Å². The van der Waals surface area contributed by atoms with Crippen LogP contribution in [0.5, 0.6) is 0 Å². The van der Waals surface area contributed by atoms with Gasteiger partial charge in [-0.25, -0.2) is 4.68 Å². The van der Waals surface area contributed by atoms with Gasteiger partial charge in [0.1, 0.15) is 0 Å². The first-order chi connectivity index (χ1) is 5.69. The molecule has 0 atom stereocenters. The molecule has 0 saturated carbocycles. The van der Waals surface area contributed by atoms with Crippen LogP contribution < -0.4 is 0 Å². The van der Waals surface area contributed by atoms with Crippen LogP contribution in [0.1, 0.15) is 29.5 Å². The molecule has 0 aromatic carbocycles. The highest BCUT2D eigenvalue weighted by atomic mass is 19.3. The predicted molar refractivity (Wildman–Crippen MR) is 38.2 cm³/mol. The van der Waals surface area contributed by atoms with E-state index in [9.17, 15) is 13.6 Å². The number of carbonyl (C=O) groups excluding carboxylic acids is 1. The summed E-state index contributed by atoms with van der Waals surface area (Å²) in [5.41, 5.74) is 0.642. The van der Waals surface area contributed by atoms with Gasteiger partial charge in [-0.3, -0.25) is 4.79 Å². The van der Waals surface area contributed by atoms with Crippen LogP contribution in [0, 0.1) is 0 Å². The Morgan fingerprint density at radius 3 is 2.75 bits per heavy atom. The van der Waals surface area contributed by atoms with Crippen molar-refractivity contribution < 1.29 is 13.6 Å². The summed E-state index contributed by atoms with van der Waals surface area (Å²) < 4.78 is 24.5. The minimum atomic E-state index is -2.68. The maximum absolute atomic E-state index is 12.0. The van der Waals surface area contributed by atoms with Crippen LogP contribution in [0.15, 0.2) is 6.20 Å². The highest BCUT2D eigenvalue weighted by Crippen LogP contribution is 2.12. The maximum atomic E-state index is 12.0. The van der Waals surface area contributed by atoms with Gasteiger partial charge in [0.25, 0.3) is 0 Å². The summed E-state index contributed by atoms with van der Waals surface area (Å²) in [4.78, 5) is 10.3. The van der Waals surface area contributed by atoms with Gasteiger partial charge in [-0.2, -0.15) is 13.9 Å². The molecule has 0 aliphatic heterocycles. The molecular formula is C7H8F2N2O. The number of rotatable bonds is 3. The van der Waals surface area contributed by atoms with Gasteiger partial charge in [0, 0.05) is 6.20 Å². The third-order valence-corrected chi connectivity index (χ3v) is 1.50. The standard InChI is InChI=1S/C7H8F2N2O/c1-2-6-5(4-12)3-11(10-6)7(8)9/h3-4,7H,2H2,1H3. The third kappa shape index (κ3) is 1.49. The quantitative estimate of drug-likeness (QED) is 0.653. The molecule has 0 N–H and O–H groups in total. The Bertz CT molecular complexity index is 283. The van der Waals surface area contributed by atoms with E-state index in [2.05, 4.69) is 5.10 Å². The minimum Gasteiger partial charge on any atom is -0.298 e. The normalized spacial score (nSPS) is 10.7. The lowest BCUT2D eigenvalue weighted by atomic mass is 10.2. The molecule has 1 aromatic heterocycles. The van der Waals surface area contributed by atoms with E-state index in [1.807, 2.05) is 0 Å². The number of nitrogens with zero attached hydrogens (tertiary/aromatic N) is 2. The zero-order valence-electron chi connectivity index (χ0n) is 6.50. The Morgan fingerprint density at radius 2 is 2.42 bits per heavy atom. The smallest absolute Gasteiger partial charge is 0.298 e. The molecule has 0 aliphatic rings. The van der Waals surface area contributed by atoms with E-state index in [-0.39, 0.29) is 5.56 Å². The Morgan fingerprint density at radius 1 is 1.75 bits per heavy atom. The van der Waals surface area contributed by atoms with Crippen molar-refractivity contribution in [2.45, 2.75) is 19.9 Å². The summed E-state index contributed by atoms with van der Waals surface area (Å²) in [5, 5.41) is 3.53. The molecule has 3 nitrogen and oxygen atoms in total. The number of aromatic nitrogens is 2. The van der Waals surface area contributed by atoms with Crippen LogP contribution >= 0.6 is 0 Å². The fourth-order valence-corrected chi connectivity index (χ4v) is 0.916. The molecule has 0 amide bonds. The van der Waals surface area contributed by atoms with E-state index in [1.165, 1.54) is 0 Å². The number of hydrogen-bond donors (Lipinski definition) is 0. The minimum absolute atomic E-state index is 0.234. The van der Waals surface area contributed by atoms with Crippen molar-refractivity contribution in [3.63, 3.8) is 0 Å². The monoisotopic (exact) mass is 174 g/mol. The van der Waals surface area contributed by atoms with Crippen molar-refractivity contribution in [2.24, 2.45) is 0 Å². The number of halogens is 2. The molecule has 1 heterocycles. The van der Waals surface area contributed by atoms with E-state index < -0.39 is 6.55 Å². The Hall–Kier alpha value is -1.26. The second kappa shape index (κ2) is 3.42. The van der Waals surface area contributed by atoms with E-state index in [0.717, 1.165) is 6.20 Å². The van der Waals surface area contributed by atoms with Crippen LogP contribution in [0.4, 0.5) is 8.78 Å². The van der Waals surface area contributed by atoms with Crippen molar-refractivity contribution in [2.75, 3.05) is 0 Å². The van der Waals surface area contributed by atoms with Gasteiger partial charge in [0.05, 0.1) is 11.3 Å². The van der Waals surface area contributed by atoms with Crippen LogP contribution in [-0.4, -0.2) is 16.1 Å². The van der Waals surface area contributed by atoms with Crippen molar-refractivity contribution in [3.05, 3.63) is 17.5 Å². The fourth-order valence-electron chi connectivity index (χ4n) is 0.916. The Balaban J connectivity index is 3.05. The third-order valence-electron chi connectivity index (χ3n) is 1.50. The Labute approximate surface area is 68.0 Å².